The summed E-state index contributed by atoms with van der Waals surface area (Å²) in [5.41, 5.74) is 7.87. The van der Waals surface area contributed by atoms with Gasteiger partial charge in [-0.25, -0.2) is 0 Å². The van der Waals surface area contributed by atoms with Crippen LogP contribution in [0.1, 0.15) is 17.4 Å². The first kappa shape index (κ1) is 9.27. The number of fused-ring (bicyclic) bond motifs is 1. The molecule has 2 rings (SSSR count). The molecule has 3 nitrogen and oxygen atoms in total. The standard InChI is InChI=1S/C10H9BrN2O/c1-5(14)9-3-6-2-7(11)8(12)4-10(6)13-9/h2-4,13H,12H2,1H3. The van der Waals surface area contributed by atoms with Crippen LogP contribution in [0.4, 0.5) is 5.69 Å². The van der Waals surface area contributed by atoms with Crippen LogP contribution in [0, 0.1) is 0 Å². The molecule has 0 bridgehead atoms. The number of carbonyl (C=O) groups is 1. The van der Waals surface area contributed by atoms with E-state index in [4.69, 9.17) is 5.73 Å². The van der Waals surface area contributed by atoms with Crippen molar-refractivity contribution in [3.05, 3.63) is 28.4 Å². The van der Waals surface area contributed by atoms with E-state index in [0.717, 1.165) is 15.4 Å². The Morgan fingerprint density at radius 2 is 2.14 bits per heavy atom. The average Bonchev–Trinajstić information content (AvgIpc) is 2.48. The van der Waals surface area contributed by atoms with Gasteiger partial charge in [0.2, 0.25) is 0 Å². The normalized spacial score (nSPS) is 10.7. The van der Waals surface area contributed by atoms with Crippen molar-refractivity contribution in [1.29, 1.82) is 0 Å². The Kier molecular flexibility index (Phi) is 2.07. The number of anilines is 1. The quantitative estimate of drug-likeness (QED) is 0.606. The third-order valence-corrected chi connectivity index (χ3v) is 2.80. The lowest BCUT2D eigenvalue weighted by molar-refractivity contribution is 0.101. The van der Waals surface area contributed by atoms with Crippen LogP contribution in [-0.2, 0) is 0 Å². The molecule has 0 radical (unpaired) electrons. The number of halogens is 1. The lowest BCUT2D eigenvalue weighted by Crippen LogP contribution is -1.90. The van der Waals surface area contributed by atoms with Crippen LogP contribution in [0.15, 0.2) is 22.7 Å². The van der Waals surface area contributed by atoms with E-state index in [1.807, 2.05) is 18.2 Å². The number of carbonyl (C=O) groups excluding carboxylic acids is 1. The summed E-state index contributed by atoms with van der Waals surface area (Å²) in [6.45, 7) is 1.53. The molecule has 0 spiro atoms. The molecule has 2 aromatic rings. The van der Waals surface area contributed by atoms with Gasteiger partial charge >= 0.3 is 0 Å². The topological polar surface area (TPSA) is 58.9 Å². The maximum Gasteiger partial charge on any atom is 0.175 e. The average molecular weight is 253 g/mol. The van der Waals surface area contributed by atoms with E-state index < -0.39 is 0 Å². The highest BCUT2D eigenvalue weighted by atomic mass is 79.9. The van der Waals surface area contributed by atoms with Gasteiger partial charge in [0, 0.05) is 28.0 Å². The Bertz CT molecular complexity index is 477. The fraction of sp³-hybridized carbons (Fsp3) is 0.100. The number of ketones is 1. The van der Waals surface area contributed by atoms with E-state index >= 15 is 0 Å². The smallest absolute Gasteiger partial charge is 0.175 e. The zero-order chi connectivity index (χ0) is 10.3. The highest BCUT2D eigenvalue weighted by Gasteiger charge is 2.06. The Hall–Kier alpha value is -1.29. The van der Waals surface area contributed by atoms with Crippen LogP contribution < -0.4 is 5.73 Å². The number of nitrogens with one attached hydrogen (secondary N) is 1. The van der Waals surface area contributed by atoms with Crippen LogP contribution in [-0.4, -0.2) is 10.8 Å². The highest BCUT2D eigenvalue weighted by Crippen LogP contribution is 2.26. The molecule has 0 atom stereocenters. The number of aromatic nitrogens is 1. The molecule has 1 aromatic heterocycles. The molecule has 14 heavy (non-hydrogen) atoms. The molecule has 0 aliphatic rings. The van der Waals surface area contributed by atoms with E-state index in [2.05, 4.69) is 20.9 Å². The van der Waals surface area contributed by atoms with Gasteiger partial charge in [-0.1, -0.05) is 0 Å². The molecule has 0 fully saturated rings. The van der Waals surface area contributed by atoms with E-state index in [1.165, 1.54) is 6.92 Å². The van der Waals surface area contributed by atoms with E-state index in [0.29, 0.717) is 11.4 Å². The predicted molar refractivity (Wildman–Crippen MR) is 60.4 cm³/mol. The molecule has 0 amide bonds. The summed E-state index contributed by atoms with van der Waals surface area (Å²) in [4.78, 5) is 14.1. The monoisotopic (exact) mass is 252 g/mol. The van der Waals surface area contributed by atoms with Crippen LogP contribution >= 0.6 is 15.9 Å². The largest absolute Gasteiger partial charge is 0.398 e. The molecule has 3 N–H and O–H groups in total. The minimum Gasteiger partial charge on any atom is -0.398 e. The summed E-state index contributed by atoms with van der Waals surface area (Å²) in [6.07, 6.45) is 0. The van der Waals surface area contributed by atoms with Gasteiger partial charge < -0.3 is 10.7 Å². The Morgan fingerprint density at radius 3 is 2.79 bits per heavy atom. The lowest BCUT2D eigenvalue weighted by atomic mass is 10.2. The summed E-state index contributed by atoms with van der Waals surface area (Å²) in [6, 6.07) is 5.53. The fourth-order valence-electron chi connectivity index (χ4n) is 1.36. The number of nitrogen functional groups attached to an aromatic ring is 1. The van der Waals surface area contributed by atoms with Gasteiger partial charge in [0.15, 0.2) is 5.78 Å². The van der Waals surface area contributed by atoms with E-state index in [9.17, 15) is 4.79 Å². The Morgan fingerprint density at radius 1 is 1.43 bits per heavy atom. The molecule has 1 heterocycles. The van der Waals surface area contributed by atoms with Crippen molar-refractivity contribution in [3.63, 3.8) is 0 Å². The summed E-state index contributed by atoms with van der Waals surface area (Å²) in [7, 11) is 0. The molecule has 0 aliphatic carbocycles. The molecule has 72 valence electrons. The van der Waals surface area contributed by atoms with Crippen molar-refractivity contribution < 1.29 is 4.79 Å². The summed E-state index contributed by atoms with van der Waals surface area (Å²) in [5, 5.41) is 0.983. The first-order valence-corrected chi connectivity index (χ1v) is 4.96. The molecule has 0 saturated carbocycles. The van der Waals surface area contributed by atoms with E-state index in [-0.39, 0.29) is 5.78 Å². The highest BCUT2D eigenvalue weighted by molar-refractivity contribution is 9.10. The summed E-state index contributed by atoms with van der Waals surface area (Å²) in [5.74, 6) is 0.0240. The van der Waals surface area contributed by atoms with Crippen LogP contribution in [0.3, 0.4) is 0 Å². The number of hydrogen-bond donors (Lipinski definition) is 2. The molecule has 0 unspecified atom stereocenters. The second kappa shape index (κ2) is 3.13. The van der Waals surface area contributed by atoms with E-state index in [1.54, 1.807) is 0 Å². The number of H-pyrrole nitrogens is 1. The number of benzene rings is 1. The lowest BCUT2D eigenvalue weighted by Gasteiger charge is -1.96. The molecule has 0 saturated heterocycles. The van der Waals surface area contributed by atoms with Crippen molar-refractivity contribution in [3.8, 4) is 0 Å². The van der Waals surface area contributed by atoms with Gasteiger partial charge in [0.1, 0.15) is 0 Å². The van der Waals surface area contributed by atoms with Crippen molar-refractivity contribution in [2.24, 2.45) is 0 Å². The predicted octanol–water partition coefficient (Wildman–Crippen LogP) is 2.72. The molecule has 1 aromatic carbocycles. The minimum atomic E-state index is 0.0240. The molecular weight excluding hydrogens is 244 g/mol. The number of nitrogens with two attached hydrogens (primary N) is 1. The zero-order valence-electron chi connectivity index (χ0n) is 7.60. The third-order valence-electron chi connectivity index (χ3n) is 2.12. The van der Waals surface area contributed by atoms with Crippen LogP contribution in [0.2, 0.25) is 0 Å². The zero-order valence-corrected chi connectivity index (χ0v) is 9.18. The maximum atomic E-state index is 11.1. The van der Waals surface area contributed by atoms with Crippen molar-refractivity contribution >= 4 is 38.3 Å². The Labute approximate surface area is 89.4 Å². The number of hydrogen-bond acceptors (Lipinski definition) is 2. The van der Waals surface area contributed by atoms with Gasteiger partial charge in [-0.05, 0) is 34.1 Å². The number of rotatable bonds is 1. The minimum absolute atomic E-state index is 0.0240. The molecule has 4 heteroatoms. The van der Waals surface area contributed by atoms with Crippen molar-refractivity contribution in [2.45, 2.75) is 6.92 Å². The molecular formula is C10H9BrN2O. The maximum absolute atomic E-state index is 11.1. The van der Waals surface area contributed by atoms with Crippen LogP contribution in [0.25, 0.3) is 10.9 Å². The SMILES string of the molecule is CC(=O)c1cc2cc(Br)c(N)cc2[nH]1. The fourth-order valence-corrected chi connectivity index (χ4v) is 1.72. The van der Waals surface area contributed by atoms with Crippen LogP contribution in [0.5, 0.6) is 0 Å². The van der Waals surface area contributed by atoms with Gasteiger partial charge in [0.05, 0.1) is 5.69 Å². The van der Waals surface area contributed by atoms with Gasteiger partial charge in [-0.3, -0.25) is 4.79 Å². The number of aromatic amines is 1. The first-order chi connectivity index (χ1) is 6.58. The van der Waals surface area contributed by atoms with Crippen molar-refractivity contribution in [2.75, 3.05) is 5.73 Å². The Balaban J connectivity index is 2.72. The second-order valence-corrected chi connectivity index (χ2v) is 4.05. The summed E-state index contributed by atoms with van der Waals surface area (Å²) >= 11 is 3.34. The van der Waals surface area contributed by atoms with Gasteiger partial charge in [-0.15, -0.1) is 0 Å². The molecule has 0 aliphatic heterocycles. The van der Waals surface area contributed by atoms with Gasteiger partial charge in [0.25, 0.3) is 0 Å². The van der Waals surface area contributed by atoms with Crippen molar-refractivity contribution in [1.82, 2.24) is 4.98 Å². The first-order valence-electron chi connectivity index (χ1n) is 4.16. The summed E-state index contributed by atoms with van der Waals surface area (Å²) < 4.78 is 0.846. The third kappa shape index (κ3) is 1.42. The second-order valence-electron chi connectivity index (χ2n) is 3.20. The van der Waals surface area contributed by atoms with Gasteiger partial charge in [-0.2, -0.15) is 0 Å². The number of Topliss-reactive ketones (excluding diaryl/α,β-unsaturated/α-hetero) is 1.